The molecule has 2 heterocycles. The van der Waals surface area contributed by atoms with Gasteiger partial charge in [-0.15, -0.1) is 0 Å². The van der Waals surface area contributed by atoms with Crippen LogP contribution in [0, 0.1) is 5.92 Å². The van der Waals surface area contributed by atoms with Gasteiger partial charge in [-0.25, -0.2) is 4.98 Å². The minimum atomic E-state index is 0.461. The first kappa shape index (κ1) is 18.9. The molecule has 3 aromatic rings. The summed E-state index contributed by atoms with van der Waals surface area (Å²) in [7, 11) is 1.65. The molecule has 6 nitrogen and oxygen atoms in total. The predicted molar refractivity (Wildman–Crippen MR) is 105 cm³/mol. The first-order valence-electron chi connectivity index (χ1n) is 9.09. The van der Waals surface area contributed by atoms with Crippen LogP contribution in [0.3, 0.4) is 0 Å². The molecule has 0 aliphatic carbocycles. The third-order valence-electron chi connectivity index (χ3n) is 4.25. The summed E-state index contributed by atoms with van der Waals surface area (Å²) in [6, 6.07) is 9.93. The largest absolute Gasteiger partial charge is 0.493 e. The van der Waals surface area contributed by atoms with Crippen LogP contribution < -0.4 is 14.8 Å². The van der Waals surface area contributed by atoms with Crippen molar-refractivity contribution in [2.75, 3.05) is 13.7 Å². The molecule has 0 radical (unpaired) electrons. The number of hydrogen-bond donors (Lipinski definition) is 1. The number of ether oxygens (including phenoxy) is 2. The molecule has 0 saturated carbocycles. The second-order valence-corrected chi connectivity index (χ2v) is 6.63. The number of methoxy groups -OCH3 is 1. The van der Waals surface area contributed by atoms with Crippen LogP contribution in [0.2, 0.25) is 0 Å². The molecule has 0 amide bonds. The number of benzene rings is 1. The van der Waals surface area contributed by atoms with Crippen molar-refractivity contribution in [3.05, 3.63) is 72.6 Å². The lowest BCUT2D eigenvalue weighted by Crippen LogP contribution is -2.23. The fourth-order valence-corrected chi connectivity index (χ4v) is 2.87. The quantitative estimate of drug-likeness (QED) is 0.597. The Morgan fingerprint density at radius 3 is 2.78 bits per heavy atom. The van der Waals surface area contributed by atoms with E-state index in [-0.39, 0.29) is 0 Å². The molecule has 3 rings (SSSR count). The van der Waals surface area contributed by atoms with Gasteiger partial charge in [0.25, 0.3) is 0 Å². The lowest BCUT2D eigenvalue weighted by molar-refractivity contribution is 0.283. The molecule has 0 spiro atoms. The number of aromatic nitrogens is 3. The van der Waals surface area contributed by atoms with E-state index in [0.717, 1.165) is 42.3 Å². The summed E-state index contributed by atoms with van der Waals surface area (Å²) in [4.78, 5) is 8.20. The van der Waals surface area contributed by atoms with E-state index in [0.29, 0.717) is 12.5 Å². The first-order chi connectivity index (χ1) is 13.2. The second kappa shape index (κ2) is 9.73. The van der Waals surface area contributed by atoms with E-state index in [1.807, 2.05) is 43.0 Å². The van der Waals surface area contributed by atoms with Crippen LogP contribution in [0.4, 0.5) is 0 Å². The lowest BCUT2D eigenvalue weighted by atomic mass is 10.1. The van der Waals surface area contributed by atoms with Gasteiger partial charge in [0.1, 0.15) is 6.61 Å². The van der Waals surface area contributed by atoms with Gasteiger partial charge in [-0.1, -0.05) is 19.1 Å². The van der Waals surface area contributed by atoms with Crippen molar-refractivity contribution in [3.63, 3.8) is 0 Å². The minimum absolute atomic E-state index is 0.461. The molecule has 0 saturated heterocycles. The van der Waals surface area contributed by atoms with Crippen LogP contribution in [0.25, 0.3) is 0 Å². The number of imidazole rings is 1. The van der Waals surface area contributed by atoms with Crippen LogP contribution in [-0.4, -0.2) is 28.2 Å². The Labute approximate surface area is 160 Å². The Hall–Kier alpha value is -2.86. The van der Waals surface area contributed by atoms with Crippen LogP contribution in [0.1, 0.15) is 18.1 Å². The molecule has 6 heteroatoms. The van der Waals surface area contributed by atoms with Gasteiger partial charge in [0, 0.05) is 43.4 Å². The zero-order valence-corrected chi connectivity index (χ0v) is 15.8. The average Bonchev–Trinajstić information content (AvgIpc) is 3.20. The van der Waals surface area contributed by atoms with Crippen molar-refractivity contribution in [3.8, 4) is 11.5 Å². The second-order valence-electron chi connectivity index (χ2n) is 6.63. The predicted octanol–water partition coefficient (Wildman–Crippen LogP) is 3.29. The summed E-state index contributed by atoms with van der Waals surface area (Å²) in [5.41, 5.74) is 2.18. The van der Waals surface area contributed by atoms with E-state index >= 15 is 0 Å². The summed E-state index contributed by atoms with van der Waals surface area (Å²) >= 11 is 0. The van der Waals surface area contributed by atoms with Gasteiger partial charge in [-0.2, -0.15) is 0 Å². The van der Waals surface area contributed by atoms with Crippen molar-refractivity contribution in [2.45, 2.75) is 26.6 Å². The molecule has 1 N–H and O–H groups in total. The van der Waals surface area contributed by atoms with Gasteiger partial charge in [0.05, 0.1) is 13.4 Å². The maximum absolute atomic E-state index is 5.95. The Balaban J connectivity index is 1.52. The van der Waals surface area contributed by atoms with E-state index in [1.54, 1.807) is 19.5 Å². The molecule has 1 unspecified atom stereocenters. The Bertz CT molecular complexity index is 806. The van der Waals surface area contributed by atoms with Gasteiger partial charge in [0.15, 0.2) is 11.5 Å². The van der Waals surface area contributed by atoms with Gasteiger partial charge >= 0.3 is 0 Å². The highest BCUT2D eigenvalue weighted by molar-refractivity contribution is 5.43. The van der Waals surface area contributed by atoms with E-state index in [1.165, 1.54) is 0 Å². The van der Waals surface area contributed by atoms with Gasteiger partial charge < -0.3 is 19.4 Å². The highest BCUT2D eigenvalue weighted by atomic mass is 16.5. The standard InChI is InChI=1S/C21H26N4O2/c1-17(14-25-9-8-23-16-25)11-24-12-18-5-6-20(26-2)21(10-18)27-15-19-4-3-7-22-13-19/h3-10,13,16-17,24H,11-12,14-15H2,1-2H3. The molecule has 0 aliphatic rings. The molecule has 0 aliphatic heterocycles. The minimum Gasteiger partial charge on any atom is -0.493 e. The van der Waals surface area contributed by atoms with Crippen LogP contribution in [0.15, 0.2) is 61.4 Å². The fraction of sp³-hybridized carbons (Fsp3) is 0.333. The van der Waals surface area contributed by atoms with E-state index in [4.69, 9.17) is 9.47 Å². The van der Waals surface area contributed by atoms with E-state index in [9.17, 15) is 0 Å². The van der Waals surface area contributed by atoms with Gasteiger partial charge in [-0.05, 0) is 36.2 Å². The third kappa shape index (κ3) is 5.82. The Morgan fingerprint density at radius 2 is 2.04 bits per heavy atom. The number of nitrogens with one attached hydrogen (secondary N) is 1. The normalized spacial score (nSPS) is 11.9. The smallest absolute Gasteiger partial charge is 0.161 e. The molecular weight excluding hydrogens is 340 g/mol. The topological polar surface area (TPSA) is 61.2 Å². The van der Waals surface area contributed by atoms with E-state index in [2.05, 4.69) is 32.8 Å². The average molecular weight is 366 g/mol. The lowest BCUT2D eigenvalue weighted by Gasteiger charge is -2.15. The summed E-state index contributed by atoms with van der Waals surface area (Å²) < 4.78 is 13.5. The van der Waals surface area contributed by atoms with Gasteiger partial charge in [0.2, 0.25) is 0 Å². The van der Waals surface area contributed by atoms with E-state index < -0.39 is 0 Å². The molecule has 0 fully saturated rings. The van der Waals surface area contributed by atoms with Crippen LogP contribution in [-0.2, 0) is 19.7 Å². The Morgan fingerprint density at radius 1 is 1.11 bits per heavy atom. The SMILES string of the molecule is COc1ccc(CNCC(C)Cn2ccnc2)cc1OCc1cccnc1. The van der Waals surface area contributed by atoms with Crippen LogP contribution >= 0.6 is 0 Å². The molecule has 142 valence electrons. The molecule has 0 bridgehead atoms. The van der Waals surface area contributed by atoms with Crippen LogP contribution in [0.5, 0.6) is 11.5 Å². The number of nitrogens with zero attached hydrogens (tertiary/aromatic N) is 3. The summed E-state index contributed by atoms with van der Waals surface area (Å²) in [6.07, 6.45) is 9.21. The summed E-state index contributed by atoms with van der Waals surface area (Å²) in [5, 5.41) is 3.51. The molecular formula is C21H26N4O2. The van der Waals surface area contributed by atoms with Crippen molar-refractivity contribution in [1.82, 2.24) is 19.9 Å². The fourth-order valence-electron chi connectivity index (χ4n) is 2.87. The number of hydrogen-bond acceptors (Lipinski definition) is 5. The van der Waals surface area contributed by atoms with Crippen molar-refractivity contribution >= 4 is 0 Å². The monoisotopic (exact) mass is 366 g/mol. The summed E-state index contributed by atoms with van der Waals surface area (Å²) in [5.74, 6) is 1.99. The van der Waals surface area contributed by atoms with Gasteiger partial charge in [-0.3, -0.25) is 4.98 Å². The molecule has 2 aromatic heterocycles. The molecule has 27 heavy (non-hydrogen) atoms. The van der Waals surface area contributed by atoms with Crippen molar-refractivity contribution < 1.29 is 9.47 Å². The van der Waals surface area contributed by atoms with Crippen molar-refractivity contribution in [2.24, 2.45) is 5.92 Å². The maximum Gasteiger partial charge on any atom is 0.161 e. The first-order valence-corrected chi connectivity index (χ1v) is 9.09. The maximum atomic E-state index is 5.95. The molecule has 1 atom stereocenters. The van der Waals surface area contributed by atoms with Crippen molar-refractivity contribution in [1.29, 1.82) is 0 Å². The highest BCUT2D eigenvalue weighted by Crippen LogP contribution is 2.28. The highest BCUT2D eigenvalue weighted by Gasteiger charge is 2.08. The Kier molecular flexibility index (Phi) is 6.82. The zero-order chi connectivity index (χ0) is 18.9. The molecule has 1 aromatic carbocycles. The number of pyridine rings is 1. The number of rotatable bonds is 10. The zero-order valence-electron chi connectivity index (χ0n) is 15.8. The third-order valence-corrected chi connectivity index (χ3v) is 4.25. The summed E-state index contributed by atoms with van der Waals surface area (Å²) in [6.45, 7) is 5.35.